The Morgan fingerprint density at radius 3 is 2.79 bits per heavy atom. The van der Waals surface area contributed by atoms with E-state index >= 15 is 0 Å². The maximum Gasteiger partial charge on any atom is 0.244 e. The molecule has 0 fully saturated rings. The molecule has 2 N–H and O–H groups in total. The highest BCUT2D eigenvalue weighted by Gasteiger charge is 2.02. The summed E-state index contributed by atoms with van der Waals surface area (Å²) in [5, 5.41) is 5.65. The normalized spacial score (nSPS) is 10.5. The van der Waals surface area contributed by atoms with Gasteiger partial charge in [-0.1, -0.05) is 25.1 Å². The molecule has 1 aromatic carbocycles. The largest absolute Gasteiger partial charge is 0.348 e. The molecule has 5 heteroatoms. The van der Waals surface area contributed by atoms with Crippen molar-refractivity contribution in [3.8, 4) is 0 Å². The van der Waals surface area contributed by atoms with Gasteiger partial charge in [-0.25, -0.2) is 0 Å². The fraction of sp³-hybridized carbons (Fsp3) is 0.211. The maximum atomic E-state index is 11.8. The van der Waals surface area contributed by atoms with Crippen LogP contribution in [0.5, 0.6) is 0 Å². The summed E-state index contributed by atoms with van der Waals surface area (Å²) in [6.07, 6.45) is 6.10. The lowest BCUT2D eigenvalue weighted by Crippen LogP contribution is -2.20. The van der Waals surface area contributed by atoms with Crippen LogP contribution in [0, 0.1) is 0 Å². The average Bonchev–Trinajstić information content (AvgIpc) is 2.59. The minimum atomic E-state index is -0.193. The Morgan fingerprint density at radius 1 is 1.17 bits per heavy atom. The van der Waals surface area contributed by atoms with Gasteiger partial charge in [0.1, 0.15) is 0 Å². The van der Waals surface area contributed by atoms with Crippen molar-refractivity contribution in [2.75, 3.05) is 5.32 Å². The number of anilines is 1. The molecular formula is C19H21N3O2. The van der Waals surface area contributed by atoms with Gasteiger partial charge in [-0.2, -0.15) is 0 Å². The minimum Gasteiger partial charge on any atom is -0.348 e. The van der Waals surface area contributed by atoms with Crippen LogP contribution >= 0.6 is 0 Å². The summed E-state index contributed by atoms with van der Waals surface area (Å²) >= 11 is 0. The van der Waals surface area contributed by atoms with Gasteiger partial charge in [0.05, 0.1) is 5.69 Å². The van der Waals surface area contributed by atoms with E-state index in [1.165, 1.54) is 6.08 Å². The molecule has 2 aromatic rings. The van der Waals surface area contributed by atoms with Crippen LogP contribution in [-0.2, 0) is 16.1 Å². The van der Waals surface area contributed by atoms with Gasteiger partial charge in [0, 0.05) is 30.9 Å². The third kappa shape index (κ3) is 6.04. The summed E-state index contributed by atoms with van der Waals surface area (Å²) in [6, 6.07) is 13.0. The number of pyridine rings is 1. The van der Waals surface area contributed by atoms with Crippen LogP contribution in [0.15, 0.2) is 54.7 Å². The molecule has 0 aliphatic heterocycles. The van der Waals surface area contributed by atoms with E-state index in [-0.39, 0.29) is 11.8 Å². The highest BCUT2D eigenvalue weighted by Crippen LogP contribution is 2.11. The Labute approximate surface area is 141 Å². The summed E-state index contributed by atoms with van der Waals surface area (Å²) in [7, 11) is 0. The Morgan fingerprint density at radius 2 is 2.04 bits per heavy atom. The number of hydrogen-bond donors (Lipinski definition) is 2. The fourth-order valence-electron chi connectivity index (χ4n) is 2.09. The number of carbonyl (C=O) groups is 2. The molecule has 5 nitrogen and oxygen atoms in total. The van der Waals surface area contributed by atoms with Crippen molar-refractivity contribution in [1.29, 1.82) is 0 Å². The molecule has 0 saturated carbocycles. The first-order valence-corrected chi connectivity index (χ1v) is 7.93. The summed E-state index contributed by atoms with van der Waals surface area (Å²) in [5.74, 6) is -0.196. The molecule has 0 radical (unpaired) electrons. The fourth-order valence-corrected chi connectivity index (χ4v) is 2.09. The van der Waals surface area contributed by atoms with E-state index in [9.17, 15) is 9.59 Å². The van der Waals surface area contributed by atoms with Gasteiger partial charge in [-0.15, -0.1) is 0 Å². The molecule has 1 heterocycles. The van der Waals surface area contributed by atoms with Crippen molar-refractivity contribution in [2.24, 2.45) is 0 Å². The number of benzene rings is 1. The zero-order chi connectivity index (χ0) is 17.2. The molecule has 0 aliphatic carbocycles. The number of nitrogens with one attached hydrogen (secondary N) is 2. The van der Waals surface area contributed by atoms with Crippen LogP contribution in [0.1, 0.15) is 31.0 Å². The predicted octanol–water partition coefficient (Wildman–Crippen LogP) is 3.15. The second kappa shape index (κ2) is 9.25. The lowest BCUT2D eigenvalue weighted by atomic mass is 10.2. The number of hydrogen-bond acceptors (Lipinski definition) is 3. The Hall–Kier alpha value is -2.95. The van der Waals surface area contributed by atoms with Gasteiger partial charge < -0.3 is 10.6 Å². The maximum absolute atomic E-state index is 11.8. The van der Waals surface area contributed by atoms with Crippen LogP contribution in [0.2, 0.25) is 0 Å². The Balaban J connectivity index is 1.86. The van der Waals surface area contributed by atoms with E-state index in [2.05, 4.69) is 15.6 Å². The summed E-state index contributed by atoms with van der Waals surface area (Å²) < 4.78 is 0. The first-order valence-electron chi connectivity index (χ1n) is 7.93. The van der Waals surface area contributed by atoms with E-state index in [0.29, 0.717) is 13.0 Å². The molecular weight excluding hydrogens is 302 g/mol. The van der Waals surface area contributed by atoms with Crippen LogP contribution in [-0.4, -0.2) is 16.8 Å². The zero-order valence-electron chi connectivity index (χ0n) is 13.7. The van der Waals surface area contributed by atoms with E-state index in [0.717, 1.165) is 23.4 Å². The highest BCUT2D eigenvalue weighted by atomic mass is 16.2. The Kier molecular flexibility index (Phi) is 6.71. The first-order chi connectivity index (χ1) is 11.7. The lowest BCUT2D eigenvalue weighted by Gasteiger charge is -2.07. The van der Waals surface area contributed by atoms with Crippen LogP contribution in [0.4, 0.5) is 5.69 Å². The van der Waals surface area contributed by atoms with Gasteiger partial charge in [-0.3, -0.25) is 14.6 Å². The molecule has 0 saturated heterocycles. The summed E-state index contributed by atoms with van der Waals surface area (Å²) in [5.41, 5.74) is 2.39. The van der Waals surface area contributed by atoms with Crippen molar-refractivity contribution in [2.45, 2.75) is 26.3 Å². The SMILES string of the molecule is CCCC(=O)Nc1cccc(CNC(=O)/C=C/c2ccccn2)c1. The molecule has 0 unspecified atom stereocenters. The van der Waals surface area contributed by atoms with Crippen molar-refractivity contribution >= 4 is 23.6 Å². The number of rotatable bonds is 7. The molecule has 1 aromatic heterocycles. The Bertz CT molecular complexity index is 712. The van der Waals surface area contributed by atoms with Crippen LogP contribution < -0.4 is 10.6 Å². The van der Waals surface area contributed by atoms with Gasteiger partial charge in [0.25, 0.3) is 0 Å². The molecule has 0 bridgehead atoms. The number of carbonyl (C=O) groups excluding carboxylic acids is 2. The summed E-state index contributed by atoms with van der Waals surface area (Å²) in [4.78, 5) is 27.6. The second-order valence-corrected chi connectivity index (χ2v) is 5.30. The topological polar surface area (TPSA) is 71.1 Å². The number of aromatic nitrogens is 1. The van der Waals surface area contributed by atoms with E-state index in [1.807, 2.05) is 49.4 Å². The third-order valence-corrected chi connectivity index (χ3v) is 3.25. The molecule has 0 aliphatic rings. The van der Waals surface area contributed by atoms with Gasteiger partial charge in [0.2, 0.25) is 11.8 Å². The predicted molar refractivity (Wildman–Crippen MR) is 95.1 cm³/mol. The van der Waals surface area contributed by atoms with Gasteiger partial charge in [-0.05, 0) is 42.3 Å². The molecule has 124 valence electrons. The monoisotopic (exact) mass is 323 g/mol. The molecule has 0 atom stereocenters. The first kappa shape index (κ1) is 17.4. The van der Waals surface area contributed by atoms with Crippen molar-refractivity contribution < 1.29 is 9.59 Å². The number of amides is 2. The van der Waals surface area contributed by atoms with E-state index in [1.54, 1.807) is 12.3 Å². The van der Waals surface area contributed by atoms with Crippen molar-refractivity contribution in [3.63, 3.8) is 0 Å². The van der Waals surface area contributed by atoms with E-state index < -0.39 is 0 Å². The molecule has 24 heavy (non-hydrogen) atoms. The van der Waals surface area contributed by atoms with Gasteiger partial charge in [0.15, 0.2) is 0 Å². The third-order valence-electron chi connectivity index (χ3n) is 3.25. The van der Waals surface area contributed by atoms with Crippen molar-refractivity contribution in [1.82, 2.24) is 10.3 Å². The summed E-state index contributed by atoms with van der Waals surface area (Å²) in [6.45, 7) is 2.35. The second-order valence-electron chi connectivity index (χ2n) is 5.30. The van der Waals surface area contributed by atoms with Crippen molar-refractivity contribution in [3.05, 3.63) is 66.0 Å². The highest BCUT2D eigenvalue weighted by molar-refractivity contribution is 5.92. The lowest BCUT2D eigenvalue weighted by molar-refractivity contribution is -0.117. The molecule has 2 rings (SSSR count). The molecule has 2 amide bonds. The van der Waals surface area contributed by atoms with E-state index in [4.69, 9.17) is 0 Å². The minimum absolute atomic E-state index is 0.00280. The standard InChI is InChI=1S/C19H21N3O2/c1-2-6-19(24)22-17-9-5-7-15(13-17)14-21-18(23)11-10-16-8-3-4-12-20-16/h3-5,7-13H,2,6,14H2,1H3,(H,21,23)(H,22,24)/b11-10+. The smallest absolute Gasteiger partial charge is 0.244 e. The zero-order valence-corrected chi connectivity index (χ0v) is 13.7. The van der Waals surface area contributed by atoms with Gasteiger partial charge >= 0.3 is 0 Å². The number of nitrogens with zero attached hydrogens (tertiary/aromatic N) is 1. The quantitative estimate of drug-likeness (QED) is 0.769. The average molecular weight is 323 g/mol. The van der Waals surface area contributed by atoms with Crippen LogP contribution in [0.25, 0.3) is 6.08 Å². The molecule has 0 spiro atoms. The van der Waals surface area contributed by atoms with Crippen LogP contribution in [0.3, 0.4) is 0 Å².